The smallest absolute Gasteiger partial charge is 0.228 e. The van der Waals surface area contributed by atoms with Gasteiger partial charge in [0.25, 0.3) is 0 Å². The molecule has 1 heterocycles. The summed E-state index contributed by atoms with van der Waals surface area (Å²) in [5.74, 6) is 1.04. The molecule has 0 bridgehead atoms. The molecule has 0 radical (unpaired) electrons. The second-order valence-corrected chi connectivity index (χ2v) is 7.98. The fourth-order valence-corrected chi connectivity index (χ4v) is 3.38. The van der Waals surface area contributed by atoms with Crippen LogP contribution in [0.4, 0.5) is 0 Å². The molecule has 0 aliphatic carbocycles. The van der Waals surface area contributed by atoms with Crippen LogP contribution < -0.4 is 10.5 Å². The minimum absolute atomic E-state index is 0. The molecule has 5 heteroatoms. The van der Waals surface area contributed by atoms with E-state index in [0.717, 1.165) is 30.8 Å². The van der Waals surface area contributed by atoms with Crippen molar-refractivity contribution in [2.75, 3.05) is 20.2 Å². The summed E-state index contributed by atoms with van der Waals surface area (Å²) in [7, 11) is 1.67. The highest BCUT2D eigenvalue weighted by molar-refractivity contribution is 5.85. The van der Waals surface area contributed by atoms with Crippen molar-refractivity contribution in [3.8, 4) is 5.75 Å². The van der Waals surface area contributed by atoms with Crippen LogP contribution in [0.1, 0.15) is 39.7 Å². The Morgan fingerprint density at radius 1 is 1.38 bits per heavy atom. The number of carbonyl (C=O) groups excluding carboxylic acids is 1. The minimum Gasteiger partial charge on any atom is -0.496 e. The van der Waals surface area contributed by atoms with Crippen molar-refractivity contribution in [3.63, 3.8) is 0 Å². The molecule has 1 aromatic rings. The Morgan fingerprint density at radius 3 is 2.58 bits per heavy atom. The van der Waals surface area contributed by atoms with Crippen LogP contribution in [0.2, 0.25) is 0 Å². The predicted molar refractivity (Wildman–Crippen MR) is 101 cm³/mol. The Labute approximate surface area is 152 Å². The summed E-state index contributed by atoms with van der Waals surface area (Å²) in [6, 6.07) is 8.07. The van der Waals surface area contributed by atoms with Crippen LogP contribution in [0.15, 0.2) is 24.3 Å². The normalized spacial score (nSPS) is 20.2. The quantitative estimate of drug-likeness (QED) is 0.902. The van der Waals surface area contributed by atoms with Gasteiger partial charge in [0.15, 0.2) is 0 Å². The highest BCUT2D eigenvalue weighted by Crippen LogP contribution is 2.33. The van der Waals surface area contributed by atoms with Crippen LogP contribution in [0.5, 0.6) is 5.75 Å². The molecule has 1 aliphatic heterocycles. The molecular formula is C19H31ClN2O2. The van der Waals surface area contributed by atoms with Crippen LogP contribution in [0.3, 0.4) is 0 Å². The number of benzene rings is 1. The highest BCUT2D eigenvalue weighted by Gasteiger charge is 2.40. The molecule has 136 valence electrons. The molecule has 1 atom stereocenters. The molecule has 24 heavy (non-hydrogen) atoms. The number of ether oxygens (including phenoxy) is 1. The molecular weight excluding hydrogens is 324 g/mol. The van der Waals surface area contributed by atoms with Gasteiger partial charge in [-0.05, 0) is 29.9 Å². The van der Waals surface area contributed by atoms with Crippen molar-refractivity contribution in [2.24, 2.45) is 16.6 Å². The summed E-state index contributed by atoms with van der Waals surface area (Å²) in [6.07, 6.45) is 1.53. The molecule has 1 aliphatic rings. The molecule has 0 saturated carbocycles. The van der Waals surface area contributed by atoms with Crippen molar-refractivity contribution >= 4 is 18.3 Å². The molecule has 1 saturated heterocycles. The molecule has 0 aromatic heterocycles. The summed E-state index contributed by atoms with van der Waals surface area (Å²) in [4.78, 5) is 15.0. The van der Waals surface area contributed by atoms with Gasteiger partial charge in [-0.2, -0.15) is 0 Å². The van der Waals surface area contributed by atoms with E-state index in [1.165, 1.54) is 0 Å². The second-order valence-electron chi connectivity index (χ2n) is 7.98. The van der Waals surface area contributed by atoms with Gasteiger partial charge in [-0.15, -0.1) is 12.4 Å². The number of likely N-dealkylation sites (tertiary alicyclic amines) is 1. The Balaban J connectivity index is 0.00000288. The molecule has 4 nitrogen and oxygen atoms in total. The lowest BCUT2D eigenvalue weighted by Crippen LogP contribution is -2.56. The number of hydrogen-bond donors (Lipinski definition) is 1. The van der Waals surface area contributed by atoms with Crippen molar-refractivity contribution in [2.45, 2.75) is 46.6 Å². The van der Waals surface area contributed by atoms with Crippen LogP contribution in [0.25, 0.3) is 0 Å². The van der Waals surface area contributed by atoms with Crippen molar-refractivity contribution in [1.82, 2.24) is 4.90 Å². The fourth-order valence-electron chi connectivity index (χ4n) is 3.38. The topological polar surface area (TPSA) is 55.6 Å². The molecule has 1 amide bonds. The minimum atomic E-state index is -0.466. The second kappa shape index (κ2) is 7.75. The Kier molecular flexibility index (Phi) is 6.71. The average molecular weight is 355 g/mol. The first-order valence-corrected chi connectivity index (χ1v) is 8.34. The SMILES string of the molecule is COc1ccccc1CC(C)(C)C(=O)N1CCC(N)C(C)(C)C1.Cl. The number of piperidine rings is 1. The highest BCUT2D eigenvalue weighted by atomic mass is 35.5. The number of rotatable bonds is 4. The van der Waals surface area contributed by atoms with Crippen LogP contribution >= 0.6 is 12.4 Å². The van der Waals surface area contributed by atoms with E-state index >= 15 is 0 Å². The first-order valence-electron chi connectivity index (χ1n) is 8.34. The lowest BCUT2D eigenvalue weighted by atomic mass is 9.77. The molecule has 1 fully saturated rings. The van der Waals surface area contributed by atoms with Gasteiger partial charge in [0.1, 0.15) is 5.75 Å². The number of para-hydroxylation sites is 1. The maximum atomic E-state index is 13.1. The first kappa shape index (κ1) is 20.8. The number of hydrogen-bond acceptors (Lipinski definition) is 3. The number of methoxy groups -OCH3 is 1. The van der Waals surface area contributed by atoms with E-state index in [2.05, 4.69) is 13.8 Å². The van der Waals surface area contributed by atoms with Gasteiger partial charge in [0.2, 0.25) is 5.91 Å². The third-order valence-electron chi connectivity index (χ3n) is 5.00. The summed E-state index contributed by atoms with van der Waals surface area (Å²) in [5, 5.41) is 0. The Hall–Kier alpha value is -1.26. The standard InChI is InChI=1S/C19H30N2O2.ClH/c1-18(2,12-14-8-6-7-9-15(14)23-5)17(22)21-11-10-16(20)19(3,4)13-21;/h6-9,16H,10-13,20H2,1-5H3;1H. The number of nitrogens with two attached hydrogens (primary N) is 1. The predicted octanol–water partition coefficient (Wildman–Crippen LogP) is 3.27. The van der Waals surface area contributed by atoms with Gasteiger partial charge >= 0.3 is 0 Å². The largest absolute Gasteiger partial charge is 0.496 e. The van der Waals surface area contributed by atoms with Gasteiger partial charge in [-0.25, -0.2) is 0 Å². The van der Waals surface area contributed by atoms with E-state index in [1.54, 1.807) is 7.11 Å². The monoisotopic (exact) mass is 354 g/mol. The van der Waals surface area contributed by atoms with E-state index in [1.807, 2.05) is 43.0 Å². The molecule has 2 rings (SSSR count). The summed E-state index contributed by atoms with van der Waals surface area (Å²) < 4.78 is 5.42. The van der Waals surface area contributed by atoms with E-state index in [9.17, 15) is 4.79 Å². The lowest BCUT2D eigenvalue weighted by Gasteiger charge is -2.45. The first-order chi connectivity index (χ1) is 10.7. The molecule has 1 aromatic carbocycles. The van der Waals surface area contributed by atoms with Crippen LogP contribution in [0, 0.1) is 10.8 Å². The summed E-state index contributed by atoms with van der Waals surface area (Å²) in [5.41, 5.74) is 6.76. The third-order valence-corrected chi connectivity index (χ3v) is 5.00. The maximum Gasteiger partial charge on any atom is 0.228 e. The van der Waals surface area contributed by atoms with Crippen LogP contribution in [-0.4, -0.2) is 37.0 Å². The van der Waals surface area contributed by atoms with Gasteiger partial charge in [-0.1, -0.05) is 45.9 Å². The number of amides is 1. The zero-order valence-electron chi connectivity index (χ0n) is 15.5. The number of carbonyl (C=O) groups is 1. The molecule has 0 spiro atoms. The molecule has 1 unspecified atom stereocenters. The van der Waals surface area contributed by atoms with Crippen molar-refractivity contribution in [3.05, 3.63) is 29.8 Å². The fraction of sp³-hybridized carbons (Fsp3) is 0.632. The van der Waals surface area contributed by atoms with Gasteiger partial charge < -0.3 is 15.4 Å². The Morgan fingerprint density at radius 2 is 2.00 bits per heavy atom. The lowest BCUT2D eigenvalue weighted by molar-refractivity contribution is -0.143. The van der Waals surface area contributed by atoms with Crippen molar-refractivity contribution < 1.29 is 9.53 Å². The van der Waals surface area contributed by atoms with E-state index in [-0.39, 0.29) is 29.8 Å². The summed E-state index contributed by atoms with van der Waals surface area (Å²) >= 11 is 0. The number of nitrogens with zero attached hydrogens (tertiary/aromatic N) is 1. The Bertz CT molecular complexity index is 572. The van der Waals surface area contributed by atoms with E-state index in [0.29, 0.717) is 6.42 Å². The van der Waals surface area contributed by atoms with Crippen LogP contribution in [-0.2, 0) is 11.2 Å². The average Bonchev–Trinajstić information content (AvgIpc) is 2.49. The van der Waals surface area contributed by atoms with E-state index < -0.39 is 5.41 Å². The zero-order valence-corrected chi connectivity index (χ0v) is 16.3. The third kappa shape index (κ3) is 4.42. The van der Waals surface area contributed by atoms with E-state index in [4.69, 9.17) is 10.5 Å². The summed E-state index contributed by atoms with van der Waals surface area (Å²) in [6.45, 7) is 9.79. The van der Waals surface area contributed by atoms with Gasteiger partial charge in [-0.3, -0.25) is 4.79 Å². The van der Waals surface area contributed by atoms with Gasteiger partial charge in [0.05, 0.1) is 7.11 Å². The maximum absolute atomic E-state index is 13.1. The molecule has 2 N–H and O–H groups in total. The van der Waals surface area contributed by atoms with Crippen molar-refractivity contribution in [1.29, 1.82) is 0 Å². The number of halogens is 1. The van der Waals surface area contributed by atoms with Gasteiger partial charge in [0, 0.05) is 24.5 Å². The zero-order chi connectivity index (χ0) is 17.3.